The van der Waals surface area contributed by atoms with Crippen LogP contribution in [-0.2, 0) is 14.3 Å². The number of aromatic nitrogens is 4. The molecule has 11 heteroatoms. The number of hydrogen-bond acceptors (Lipinski definition) is 7. The van der Waals surface area contributed by atoms with Crippen LogP contribution in [0.2, 0.25) is 10.0 Å². The number of carbonyl (C=O) groups is 1. The van der Waals surface area contributed by atoms with Gasteiger partial charge in [0.1, 0.15) is 24.6 Å². The number of carbonyl (C=O) groups excluding carboxylic acids is 1. The summed E-state index contributed by atoms with van der Waals surface area (Å²) in [6, 6.07) is 5.12. The van der Waals surface area contributed by atoms with E-state index >= 15 is 0 Å². The highest BCUT2D eigenvalue weighted by Gasteiger charge is 2.17. The van der Waals surface area contributed by atoms with Crippen LogP contribution in [0.4, 0.5) is 11.6 Å². The summed E-state index contributed by atoms with van der Waals surface area (Å²) in [5.74, 6) is 0.330. The highest BCUT2D eigenvalue weighted by molar-refractivity contribution is 6.42. The maximum Gasteiger partial charge on any atom is 0.278 e. The van der Waals surface area contributed by atoms with Crippen molar-refractivity contribution in [1.82, 2.24) is 19.7 Å². The molecule has 0 fully saturated rings. The smallest absolute Gasteiger partial charge is 0.278 e. The van der Waals surface area contributed by atoms with E-state index in [0.717, 1.165) is 0 Å². The molecule has 0 spiro atoms. The third-order valence-corrected chi connectivity index (χ3v) is 4.91. The first-order chi connectivity index (χ1) is 13.9. The summed E-state index contributed by atoms with van der Waals surface area (Å²) in [6.07, 6.45) is 1.65. The fourth-order valence-electron chi connectivity index (χ4n) is 2.69. The monoisotopic (exact) mass is 439 g/mol. The number of fused-ring (bicyclic) bond motifs is 1. The number of anilines is 2. The van der Waals surface area contributed by atoms with E-state index in [4.69, 9.17) is 32.7 Å². The average Bonchev–Trinajstić information content (AvgIpc) is 3.14. The molecule has 1 atom stereocenters. The van der Waals surface area contributed by atoms with Crippen molar-refractivity contribution in [3.63, 3.8) is 0 Å². The van der Waals surface area contributed by atoms with E-state index in [1.54, 1.807) is 37.1 Å². The Labute approximate surface area is 176 Å². The van der Waals surface area contributed by atoms with E-state index in [1.165, 1.54) is 10.9 Å². The lowest BCUT2D eigenvalue weighted by Crippen LogP contribution is -2.22. The average molecular weight is 440 g/mol. The van der Waals surface area contributed by atoms with Gasteiger partial charge in [-0.1, -0.05) is 23.2 Å². The molecule has 2 aromatic heterocycles. The van der Waals surface area contributed by atoms with E-state index in [-0.39, 0.29) is 30.9 Å². The minimum absolute atomic E-state index is 0.0150. The summed E-state index contributed by atoms with van der Waals surface area (Å²) >= 11 is 12.0. The molecule has 0 amide bonds. The Balaban J connectivity index is 1.82. The van der Waals surface area contributed by atoms with E-state index in [1.807, 2.05) is 0 Å². The fourth-order valence-corrected chi connectivity index (χ4v) is 2.98. The first-order valence-electron chi connectivity index (χ1n) is 8.71. The highest BCUT2D eigenvalue weighted by Crippen LogP contribution is 2.29. The maximum absolute atomic E-state index is 12.7. The molecule has 0 radical (unpaired) electrons. The third-order valence-electron chi connectivity index (χ3n) is 4.17. The number of nitrogens with zero attached hydrogens (tertiary/aromatic N) is 4. The van der Waals surface area contributed by atoms with Gasteiger partial charge in [-0.25, -0.2) is 9.67 Å². The van der Waals surface area contributed by atoms with Gasteiger partial charge in [-0.3, -0.25) is 9.78 Å². The number of halogens is 2. The van der Waals surface area contributed by atoms with Gasteiger partial charge < -0.3 is 19.2 Å². The minimum atomic E-state index is -0.520. The van der Waals surface area contributed by atoms with Crippen LogP contribution in [0.25, 0.3) is 11.0 Å². The van der Waals surface area contributed by atoms with Crippen LogP contribution in [-0.4, -0.2) is 52.9 Å². The molecule has 0 aliphatic heterocycles. The zero-order valence-electron chi connectivity index (χ0n) is 15.8. The molecule has 2 heterocycles. The normalized spacial score (nSPS) is 12.3. The summed E-state index contributed by atoms with van der Waals surface area (Å²) < 4.78 is 12.1. The molecular formula is C18H19Cl2N5O4. The summed E-state index contributed by atoms with van der Waals surface area (Å²) in [5.41, 5.74) is 1.06. The van der Waals surface area contributed by atoms with Crippen molar-refractivity contribution < 1.29 is 14.3 Å². The Morgan fingerprint density at radius 1 is 1.31 bits per heavy atom. The summed E-state index contributed by atoms with van der Waals surface area (Å²) in [6.45, 7) is 2.28. The Kier molecular flexibility index (Phi) is 6.86. The van der Waals surface area contributed by atoms with Gasteiger partial charge in [-0.15, -0.1) is 0 Å². The van der Waals surface area contributed by atoms with Gasteiger partial charge >= 0.3 is 0 Å². The highest BCUT2D eigenvalue weighted by atomic mass is 35.5. The molecule has 29 heavy (non-hydrogen) atoms. The fraction of sp³-hybridized carbons (Fsp3) is 0.333. The summed E-state index contributed by atoms with van der Waals surface area (Å²) in [5, 5.41) is 5.06. The standard InChI is InChI=1S/C18H19Cl2N5O4/c1-11(29-8-7-28-6-5-26)25-16-15(10-21-25)22-18(23-17(16)27)24(2)12-3-4-13(19)14(20)9-12/h3-5,9-11H,6-8H2,1-2H3,(H,22,23,27). The summed E-state index contributed by atoms with van der Waals surface area (Å²) in [7, 11) is 1.75. The lowest BCUT2D eigenvalue weighted by atomic mass is 10.3. The predicted octanol–water partition coefficient (Wildman–Crippen LogP) is 2.94. The number of aromatic amines is 1. The van der Waals surface area contributed by atoms with Gasteiger partial charge in [-0.05, 0) is 25.1 Å². The van der Waals surface area contributed by atoms with Crippen LogP contribution in [0, 0.1) is 0 Å². The number of aldehydes is 1. The topological polar surface area (TPSA) is 102 Å². The molecule has 0 bridgehead atoms. The van der Waals surface area contributed by atoms with E-state index in [9.17, 15) is 9.59 Å². The maximum atomic E-state index is 12.7. The van der Waals surface area contributed by atoms with Crippen molar-refractivity contribution in [2.75, 3.05) is 31.8 Å². The lowest BCUT2D eigenvalue weighted by molar-refractivity contribution is -0.112. The number of rotatable bonds is 9. The second-order valence-corrected chi connectivity index (χ2v) is 6.90. The quantitative estimate of drug-likeness (QED) is 0.403. The number of benzene rings is 1. The molecule has 3 rings (SSSR count). The van der Waals surface area contributed by atoms with E-state index in [2.05, 4.69) is 15.1 Å². The lowest BCUT2D eigenvalue weighted by Gasteiger charge is -2.18. The second kappa shape index (κ2) is 9.36. The van der Waals surface area contributed by atoms with Crippen molar-refractivity contribution in [3.05, 3.63) is 44.8 Å². The molecule has 1 aromatic carbocycles. The number of nitrogens with one attached hydrogen (secondary N) is 1. The Bertz CT molecular complexity index is 1070. The molecule has 0 saturated carbocycles. The number of H-pyrrole nitrogens is 1. The van der Waals surface area contributed by atoms with Gasteiger partial charge in [-0.2, -0.15) is 5.10 Å². The van der Waals surface area contributed by atoms with Crippen molar-refractivity contribution in [2.24, 2.45) is 0 Å². The molecule has 0 aliphatic carbocycles. The Morgan fingerprint density at radius 2 is 2.10 bits per heavy atom. The summed E-state index contributed by atoms with van der Waals surface area (Å²) in [4.78, 5) is 31.9. The molecular weight excluding hydrogens is 421 g/mol. The zero-order chi connectivity index (χ0) is 21.0. The van der Waals surface area contributed by atoms with Gasteiger partial charge in [0.05, 0.1) is 29.5 Å². The molecule has 9 nitrogen and oxygen atoms in total. The molecule has 0 aliphatic rings. The zero-order valence-corrected chi connectivity index (χ0v) is 17.3. The second-order valence-electron chi connectivity index (χ2n) is 6.08. The SMILES string of the molecule is CC(OCCOCC=O)n1ncc2nc(N(C)c3ccc(Cl)c(Cl)c3)[nH]c(=O)c21. The Morgan fingerprint density at radius 3 is 2.83 bits per heavy atom. The molecule has 1 unspecified atom stereocenters. The largest absolute Gasteiger partial charge is 0.372 e. The van der Waals surface area contributed by atoms with Crippen LogP contribution in [0.15, 0.2) is 29.2 Å². The van der Waals surface area contributed by atoms with E-state index < -0.39 is 6.23 Å². The third kappa shape index (κ3) is 4.76. The van der Waals surface area contributed by atoms with Crippen molar-refractivity contribution in [3.8, 4) is 0 Å². The van der Waals surface area contributed by atoms with Gasteiger partial charge in [0.25, 0.3) is 5.56 Å². The van der Waals surface area contributed by atoms with E-state index in [0.29, 0.717) is 33.5 Å². The van der Waals surface area contributed by atoms with Crippen molar-refractivity contribution in [1.29, 1.82) is 0 Å². The van der Waals surface area contributed by atoms with Gasteiger partial charge in [0.15, 0.2) is 5.52 Å². The molecule has 154 valence electrons. The van der Waals surface area contributed by atoms with Crippen LogP contribution in [0.3, 0.4) is 0 Å². The minimum Gasteiger partial charge on any atom is -0.372 e. The van der Waals surface area contributed by atoms with Crippen LogP contribution >= 0.6 is 23.2 Å². The van der Waals surface area contributed by atoms with Gasteiger partial charge in [0, 0.05) is 12.7 Å². The molecule has 3 aromatic rings. The Hall–Kier alpha value is -2.46. The van der Waals surface area contributed by atoms with Crippen molar-refractivity contribution >= 4 is 52.2 Å². The van der Waals surface area contributed by atoms with Crippen molar-refractivity contribution in [2.45, 2.75) is 13.2 Å². The predicted molar refractivity (Wildman–Crippen MR) is 110 cm³/mol. The number of ether oxygens (including phenoxy) is 2. The first-order valence-corrected chi connectivity index (χ1v) is 9.47. The van der Waals surface area contributed by atoms with Crippen LogP contribution < -0.4 is 10.5 Å². The van der Waals surface area contributed by atoms with Crippen LogP contribution in [0.5, 0.6) is 0 Å². The molecule has 1 N–H and O–H groups in total. The number of hydrogen-bond donors (Lipinski definition) is 1. The molecule has 0 saturated heterocycles. The van der Waals surface area contributed by atoms with Crippen LogP contribution in [0.1, 0.15) is 13.2 Å². The van der Waals surface area contributed by atoms with Gasteiger partial charge in [0.2, 0.25) is 5.95 Å². The first kappa shape index (κ1) is 21.3.